The molecule has 1 aromatic rings. The highest BCUT2D eigenvalue weighted by Crippen LogP contribution is 2.23. The Balaban J connectivity index is 2.11. The standard InChI is InChI=1S/C13H20N4/c1-2-17(9-8-12(14)15)13-7-6-10-4-3-5-11(10)16-13/h6-7H,2-5,8-9H2,1H3,(H3,14,15). The lowest BCUT2D eigenvalue weighted by Crippen LogP contribution is -2.28. The summed E-state index contributed by atoms with van der Waals surface area (Å²) in [6.45, 7) is 3.78. The fourth-order valence-corrected chi connectivity index (χ4v) is 2.28. The smallest absolute Gasteiger partial charge is 0.128 e. The molecule has 92 valence electrons. The van der Waals surface area contributed by atoms with E-state index in [-0.39, 0.29) is 5.84 Å². The van der Waals surface area contributed by atoms with Crippen LogP contribution >= 0.6 is 0 Å². The van der Waals surface area contributed by atoms with E-state index in [9.17, 15) is 0 Å². The van der Waals surface area contributed by atoms with Gasteiger partial charge in [-0.05, 0) is 37.8 Å². The van der Waals surface area contributed by atoms with Crippen LogP contribution in [0.3, 0.4) is 0 Å². The van der Waals surface area contributed by atoms with Crippen molar-refractivity contribution in [2.75, 3.05) is 18.0 Å². The molecule has 0 aromatic carbocycles. The van der Waals surface area contributed by atoms with Crippen LogP contribution in [0.25, 0.3) is 0 Å². The van der Waals surface area contributed by atoms with Crippen molar-refractivity contribution in [2.45, 2.75) is 32.6 Å². The second-order valence-corrected chi connectivity index (χ2v) is 4.48. The first-order valence-corrected chi connectivity index (χ1v) is 6.27. The van der Waals surface area contributed by atoms with Gasteiger partial charge in [-0.25, -0.2) is 4.98 Å². The van der Waals surface area contributed by atoms with Crippen molar-refractivity contribution in [3.05, 3.63) is 23.4 Å². The van der Waals surface area contributed by atoms with E-state index in [0.717, 1.165) is 25.3 Å². The van der Waals surface area contributed by atoms with Gasteiger partial charge in [0.15, 0.2) is 0 Å². The summed E-state index contributed by atoms with van der Waals surface area (Å²) in [5.74, 6) is 1.26. The quantitative estimate of drug-likeness (QED) is 0.600. The third-order valence-corrected chi connectivity index (χ3v) is 3.27. The van der Waals surface area contributed by atoms with Gasteiger partial charge >= 0.3 is 0 Å². The van der Waals surface area contributed by atoms with E-state index in [1.54, 1.807) is 0 Å². The Hall–Kier alpha value is -1.58. The zero-order valence-corrected chi connectivity index (χ0v) is 10.4. The number of nitrogens with two attached hydrogens (primary N) is 1. The first kappa shape index (κ1) is 11.9. The molecule has 0 unspecified atom stereocenters. The third kappa shape index (κ3) is 2.75. The van der Waals surface area contributed by atoms with Gasteiger partial charge in [0.1, 0.15) is 5.82 Å². The number of amidine groups is 1. The van der Waals surface area contributed by atoms with Crippen molar-refractivity contribution < 1.29 is 0 Å². The van der Waals surface area contributed by atoms with E-state index in [1.807, 2.05) is 0 Å². The highest BCUT2D eigenvalue weighted by atomic mass is 15.2. The van der Waals surface area contributed by atoms with Crippen molar-refractivity contribution in [3.63, 3.8) is 0 Å². The van der Waals surface area contributed by atoms with Gasteiger partial charge in [-0.2, -0.15) is 0 Å². The molecule has 17 heavy (non-hydrogen) atoms. The summed E-state index contributed by atoms with van der Waals surface area (Å²) in [4.78, 5) is 6.90. The molecule has 1 aliphatic rings. The van der Waals surface area contributed by atoms with Gasteiger partial charge < -0.3 is 10.6 Å². The average molecular weight is 232 g/mol. The fraction of sp³-hybridized carbons (Fsp3) is 0.538. The molecule has 1 aliphatic carbocycles. The maximum absolute atomic E-state index is 7.28. The predicted octanol–water partition coefficient (Wildman–Crippen LogP) is 1.72. The lowest BCUT2D eigenvalue weighted by molar-refractivity contribution is 0.808. The summed E-state index contributed by atoms with van der Waals surface area (Å²) < 4.78 is 0. The zero-order valence-electron chi connectivity index (χ0n) is 10.4. The minimum atomic E-state index is 0.240. The zero-order chi connectivity index (χ0) is 12.3. The van der Waals surface area contributed by atoms with Crippen LogP contribution < -0.4 is 10.6 Å². The number of nitrogens with one attached hydrogen (secondary N) is 1. The van der Waals surface area contributed by atoms with E-state index in [2.05, 4.69) is 24.0 Å². The molecule has 0 bridgehead atoms. The summed E-state index contributed by atoms with van der Waals surface area (Å²) in [7, 11) is 0. The van der Waals surface area contributed by atoms with Crippen molar-refractivity contribution >= 4 is 11.7 Å². The summed E-state index contributed by atoms with van der Waals surface area (Å²) in [6, 6.07) is 4.29. The van der Waals surface area contributed by atoms with Crippen LogP contribution in [0.15, 0.2) is 12.1 Å². The lowest BCUT2D eigenvalue weighted by Gasteiger charge is -2.22. The minimum absolute atomic E-state index is 0.240. The number of hydrogen-bond donors (Lipinski definition) is 2. The Labute approximate surface area is 102 Å². The molecule has 0 amide bonds. The molecular weight excluding hydrogens is 212 g/mol. The van der Waals surface area contributed by atoms with Crippen LogP contribution in [0.5, 0.6) is 0 Å². The molecule has 0 spiro atoms. The van der Waals surface area contributed by atoms with Gasteiger partial charge in [-0.1, -0.05) is 6.07 Å². The minimum Gasteiger partial charge on any atom is -0.388 e. The molecule has 4 heteroatoms. The molecule has 3 N–H and O–H groups in total. The Kier molecular flexibility index (Phi) is 3.61. The molecule has 0 saturated heterocycles. The van der Waals surface area contributed by atoms with Crippen LogP contribution in [0, 0.1) is 5.41 Å². The van der Waals surface area contributed by atoms with E-state index >= 15 is 0 Å². The van der Waals surface area contributed by atoms with E-state index < -0.39 is 0 Å². The first-order chi connectivity index (χ1) is 8.20. The maximum Gasteiger partial charge on any atom is 0.128 e. The SMILES string of the molecule is CCN(CCC(=N)N)c1ccc2c(n1)CCC2. The predicted molar refractivity (Wildman–Crippen MR) is 70.7 cm³/mol. The van der Waals surface area contributed by atoms with Gasteiger partial charge in [0.2, 0.25) is 0 Å². The number of aryl methyl sites for hydroxylation is 2. The van der Waals surface area contributed by atoms with Gasteiger partial charge in [-0.15, -0.1) is 0 Å². The summed E-state index contributed by atoms with van der Waals surface area (Å²) in [5, 5.41) is 7.28. The maximum atomic E-state index is 7.28. The topological polar surface area (TPSA) is 66.0 Å². The Morgan fingerprint density at radius 3 is 3.00 bits per heavy atom. The normalized spacial score (nSPS) is 13.5. The van der Waals surface area contributed by atoms with Gasteiger partial charge in [-0.3, -0.25) is 5.41 Å². The number of hydrogen-bond acceptors (Lipinski definition) is 3. The van der Waals surface area contributed by atoms with Crippen molar-refractivity contribution in [3.8, 4) is 0 Å². The summed E-state index contributed by atoms with van der Waals surface area (Å²) in [5.41, 5.74) is 8.05. The fourth-order valence-electron chi connectivity index (χ4n) is 2.28. The molecular formula is C13H20N4. The number of anilines is 1. The van der Waals surface area contributed by atoms with Crippen LogP contribution in [-0.2, 0) is 12.8 Å². The van der Waals surface area contributed by atoms with Crippen LogP contribution in [0.4, 0.5) is 5.82 Å². The van der Waals surface area contributed by atoms with Crippen LogP contribution in [0.1, 0.15) is 31.0 Å². The highest BCUT2D eigenvalue weighted by Gasteiger charge is 2.14. The summed E-state index contributed by atoms with van der Waals surface area (Å²) >= 11 is 0. The molecule has 0 saturated carbocycles. The van der Waals surface area contributed by atoms with E-state index in [0.29, 0.717) is 6.42 Å². The number of aromatic nitrogens is 1. The van der Waals surface area contributed by atoms with Crippen LogP contribution in [0.2, 0.25) is 0 Å². The monoisotopic (exact) mass is 232 g/mol. The molecule has 0 atom stereocenters. The molecule has 0 aliphatic heterocycles. The second-order valence-electron chi connectivity index (χ2n) is 4.48. The largest absolute Gasteiger partial charge is 0.388 e. The summed E-state index contributed by atoms with van der Waals surface area (Å²) in [6.07, 6.45) is 4.10. The van der Waals surface area contributed by atoms with Crippen LogP contribution in [-0.4, -0.2) is 23.9 Å². The average Bonchev–Trinajstić information content (AvgIpc) is 2.76. The van der Waals surface area contributed by atoms with Gasteiger partial charge in [0.05, 0.1) is 5.84 Å². The number of fused-ring (bicyclic) bond motifs is 1. The van der Waals surface area contributed by atoms with Crippen molar-refractivity contribution in [2.24, 2.45) is 5.73 Å². The highest BCUT2D eigenvalue weighted by molar-refractivity contribution is 5.77. The Morgan fingerprint density at radius 1 is 1.47 bits per heavy atom. The van der Waals surface area contributed by atoms with Crippen molar-refractivity contribution in [1.29, 1.82) is 5.41 Å². The molecule has 1 aromatic heterocycles. The molecule has 2 rings (SSSR count). The molecule has 0 radical (unpaired) electrons. The second kappa shape index (κ2) is 5.17. The van der Waals surface area contributed by atoms with Crippen molar-refractivity contribution in [1.82, 2.24) is 4.98 Å². The first-order valence-electron chi connectivity index (χ1n) is 6.27. The molecule has 0 fully saturated rings. The Bertz CT molecular complexity index is 414. The number of pyridine rings is 1. The number of rotatable bonds is 5. The molecule has 1 heterocycles. The number of nitrogens with zero attached hydrogens (tertiary/aromatic N) is 2. The van der Waals surface area contributed by atoms with E-state index in [1.165, 1.54) is 24.1 Å². The van der Waals surface area contributed by atoms with Gasteiger partial charge in [0.25, 0.3) is 0 Å². The molecule has 4 nitrogen and oxygen atoms in total. The lowest BCUT2D eigenvalue weighted by atomic mass is 10.2. The third-order valence-electron chi connectivity index (χ3n) is 3.27. The van der Waals surface area contributed by atoms with Gasteiger partial charge in [0, 0.05) is 25.2 Å². The van der Waals surface area contributed by atoms with E-state index in [4.69, 9.17) is 16.1 Å². The Morgan fingerprint density at radius 2 is 2.29 bits per heavy atom.